The van der Waals surface area contributed by atoms with E-state index in [1.165, 1.54) is 11.8 Å². The van der Waals surface area contributed by atoms with Crippen LogP contribution in [-0.2, 0) is 4.79 Å². The van der Waals surface area contributed by atoms with Crippen LogP contribution in [0.1, 0.15) is 12.7 Å². The Hall–Kier alpha value is -3.13. The predicted molar refractivity (Wildman–Crippen MR) is 107 cm³/mol. The zero-order chi connectivity index (χ0) is 19.0. The molecular weight excluding hydrogens is 362 g/mol. The largest absolute Gasteiger partial charge is 0.325 e. The normalized spacial score (nSPS) is 12.4. The van der Waals surface area contributed by atoms with Gasteiger partial charge in [-0.3, -0.25) is 4.79 Å². The molecule has 27 heavy (non-hydrogen) atoms. The highest BCUT2D eigenvalue weighted by Gasteiger charge is 2.18. The highest BCUT2D eigenvalue weighted by Crippen LogP contribution is 2.29. The van der Waals surface area contributed by atoms with Crippen LogP contribution in [0.2, 0.25) is 0 Å². The molecule has 0 saturated carbocycles. The van der Waals surface area contributed by atoms with Gasteiger partial charge in [-0.15, -0.1) is 0 Å². The van der Waals surface area contributed by atoms with Gasteiger partial charge in [-0.1, -0.05) is 30.0 Å². The van der Waals surface area contributed by atoms with Crippen LogP contribution >= 0.6 is 11.8 Å². The molecule has 2 aromatic heterocycles. The molecular formula is C19H17N5O2S. The minimum Gasteiger partial charge on any atom is -0.325 e. The predicted octanol–water partition coefficient (Wildman–Crippen LogP) is 3.23. The zero-order valence-electron chi connectivity index (χ0n) is 14.7. The summed E-state index contributed by atoms with van der Waals surface area (Å²) in [6.07, 6.45) is 0. The van der Waals surface area contributed by atoms with Crippen molar-refractivity contribution < 1.29 is 4.79 Å². The van der Waals surface area contributed by atoms with Crippen LogP contribution in [0.5, 0.6) is 0 Å². The average molecular weight is 379 g/mol. The lowest BCUT2D eigenvalue weighted by Gasteiger charge is -2.13. The highest BCUT2D eigenvalue weighted by molar-refractivity contribution is 8.00. The molecule has 3 N–H and O–H groups in total. The van der Waals surface area contributed by atoms with Gasteiger partial charge in [0.1, 0.15) is 10.9 Å². The van der Waals surface area contributed by atoms with Crippen molar-refractivity contribution in [2.45, 2.75) is 24.1 Å². The number of amides is 1. The Morgan fingerprint density at radius 3 is 2.74 bits per heavy atom. The second kappa shape index (κ2) is 6.88. The molecule has 7 nitrogen and oxygen atoms in total. The van der Waals surface area contributed by atoms with Gasteiger partial charge >= 0.3 is 5.69 Å². The number of fused-ring (bicyclic) bond motifs is 2. The number of thioether (sulfide) groups is 1. The number of imidazole rings is 1. The van der Waals surface area contributed by atoms with E-state index in [4.69, 9.17) is 0 Å². The molecule has 0 aliphatic rings. The van der Waals surface area contributed by atoms with Crippen molar-refractivity contribution in [2.75, 3.05) is 5.32 Å². The van der Waals surface area contributed by atoms with Crippen molar-refractivity contribution in [3.05, 3.63) is 58.8 Å². The summed E-state index contributed by atoms with van der Waals surface area (Å²) in [5.41, 5.74) is 2.56. The number of benzene rings is 2. The standard InChI is InChI=1S/C19H17N5O2S/c1-10(27-18-13-5-3-4-6-14(13)20-11(2)21-18)17(25)22-12-7-8-15-16(9-12)24-19(26)23-15/h3-10H,1-2H3,(H,22,25)(H2,23,24,26)/t10-/m1/s1. The molecule has 0 aliphatic carbocycles. The lowest BCUT2D eigenvalue weighted by Crippen LogP contribution is -2.22. The van der Waals surface area contributed by atoms with Crippen molar-refractivity contribution in [3.8, 4) is 0 Å². The van der Waals surface area contributed by atoms with E-state index in [0.717, 1.165) is 15.9 Å². The third-order valence-electron chi connectivity index (χ3n) is 4.12. The van der Waals surface area contributed by atoms with Crippen LogP contribution in [0.3, 0.4) is 0 Å². The minimum absolute atomic E-state index is 0.141. The first-order valence-corrected chi connectivity index (χ1v) is 9.30. The number of hydrogen-bond donors (Lipinski definition) is 3. The second-order valence-corrected chi connectivity index (χ2v) is 7.51. The van der Waals surface area contributed by atoms with Gasteiger partial charge in [0.25, 0.3) is 0 Å². The maximum atomic E-state index is 12.6. The number of aromatic nitrogens is 4. The van der Waals surface area contributed by atoms with E-state index in [1.54, 1.807) is 18.2 Å². The second-order valence-electron chi connectivity index (χ2n) is 6.18. The molecule has 0 radical (unpaired) electrons. The van der Waals surface area contributed by atoms with Crippen LogP contribution in [0.4, 0.5) is 5.69 Å². The molecule has 0 unspecified atom stereocenters. The topological polar surface area (TPSA) is 104 Å². The van der Waals surface area contributed by atoms with Crippen LogP contribution in [0, 0.1) is 6.92 Å². The van der Waals surface area contributed by atoms with Crippen molar-refractivity contribution in [1.29, 1.82) is 0 Å². The Kier molecular flexibility index (Phi) is 4.41. The lowest BCUT2D eigenvalue weighted by molar-refractivity contribution is -0.115. The van der Waals surface area contributed by atoms with Gasteiger partial charge in [-0.25, -0.2) is 14.8 Å². The third kappa shape index (κ3) is 3.56. The van der Waals surface area contributed by atoms with E-state index in [-0.39, 0.29) is 16.8 Å². The average Bonchev–Trinajstić information content (AvgIpc) is 3.00. The molecule has 4 rings (SSSR count). The van der Waals surface area contributed by atoms with Gasteiger partial charge in [-0.2, -0.15) is 0 Å². The van der Waals surface area contributed by atoms with E-state index < -0.39 is 0 Å². The maximum Gasteiger partial charge on any atom is 0.323 e. The molecule has 136 valence electrons. The van der Waals surface area contributed by atoms with E-state index in [0.29, 0.717) is 22.5 Å². The molecule has 2 aromatic carbocycles. The summed E-state index contributed by atoms with van der Waals surface area (Å²) in [5.74, 6) is 0.531. The van der Waals surface area contributed by atoms with Gasteiger partial charge in [0.2, 0.25) is 5.91 Å². The Balaban J connectivity index is 1.54. The number of carbonyl (C=O) groups excluding carboxylic acids is 1. The zero-order valence-corrected chi connectivity index (χ0v) is 15.6. The summed E-state index contributed by atoms with van der Waals surface area (Å²) in [7, 11) is 0. The molecule has 1 atom stereocenters. The quantitative estimate of drug-likeness (QED) is 0.373. The molecule has 4 aromatic rings. The summed E-state index contributed by atoms with van der Waals surface area (Å²) in [5, 5.41) is 4.24. The molecule has 0 aliphatic heterocycles. The Bertz CT molecular complexity index is 1210. The summed E-state index contributed by atoms with van der Waals surface area (Å²) >= 11 is 1.40. The van der Waals surface area contributed by atoms with E-state index in [2.05, 4.69) is 25.3 Å². The third-order valence-corrected chi connectivity index (χ3v) is 5.22. The summed E-state index contributed by atoms with van der Waals surface area (Å²) in [6.45, 7) is 3.68. The van der Waals surface area contributed by atoms with Crippen LogP contribution in [0.15, 0.2) is 52.3 Å². The highest BCUT2D eigenvalue weighted by atomic mass is 32.2. The fourth-order valence-electron chi connectivity index (χ4n) is 2.82. The van der Waals surface area contributed by atoms with Crippen molar-refractivity contribution in [3.63, 3.8) is 0 Å². The number of carbonyl (C=O) groups is 1. The maximum absolute atomic E-state index is 12.6. The number of aromatic amines is 2. The van der Waals surface area contributed by atoms with Crippen LogP contribution in [-0.4, -0.2) is 31.1 Å². The Morgan fingerprint density at radius 2 is 1.89 bits per heavy atom. The summed E-state index contributed by atoms with van der Waals surface area (Å²) in [6, 6.07) is 13.0. The number of para-hydroxylation sites is 1. The van der Waals surface area contributed by atoms with Gasteiger partial charge in [0.15, 0.2) is 0 Å². The Labute approximate surface area is 158 Å². The van der Waals surface area contributed by atoms with Crippen LogP contribution < -0.4 is 11.0 Å². The molecule has 2 heterocycles. The van der Waals surface area contributed by atoms with E-state index in [1.807, 2.05) is 38.1 Å². The number of hydrogen-bond acceptors (Lipinski definition) is 5. The SMILES string of the molecule is Cc1nc(S[C@H](C)C(=O)Nc2ccc3[nH]c(=O)[nH]c3c2)c2ccccc2n1. The van der Waals surface area contributed by atoms with Crippen molar-refractivity contribution >= 4 is 45.3 Å². The monoisotopic (exact) mass is 379 g/mol. The van der Waals surface area contributed by atoms with Gasteiger partial charge in [0, 0.05) is 11.1 Å². The number of rotatable bonds is 4. The number of anilines is 1. The first kappa shape index (κ1) is 17.3. The fraction of sp³-hybridized carbons (Fsp3) is 0.158. The van der Waals surface area contributed by atoms with Crippen molar-refractivity contribution in [1.82, 2.24) is 19.9 Å². The number of aryl methyl sites for hydroxylation is 1. The fourth-order valence-corrected chi connectivity index (χ4v) is 3.81. The molecule has 1 amide bonds. The number of nitrogens with zero attached hydrogens (tertiary/aromatic N) is 2. The molecule has 0 spiro atoms. The van der Waals surface area contributed by atoms with Gasteiger partial charge < -0.3 is 15.3 Å². The smallest absolute Gasteiger partial charge is 0.323 e. The lowest BCUT2D eigenvalue weighted by atomic mass is 10.2. The minimum atomic E-state index is -0.358. The number of H-pyrrole nitrogens is 2. The summed E-state index contributed by atoms with van der Waals surface area (Å²) in [4.78, 5) is 38.3. The van der Waals surface area contributed by atoms with Gasteiger partial charge in [0.05, 0.1) is 21.8 Å². The molecule has 0 saturated heterocycles. The molecule has 0 fully saturated rings. The van der Waals surface area contributed by atoms with Crippen molar-refractivity contribution in [2.24, 2.45) is 0 Å². The summed E-state index contributed by atoms with van der Waals surface area (Å²) < 4.78 is 0. The molecule has 0 bridgehead atoms. The van der Waals surface area contributed by atoms with E-state index >= 15 is 0 Å². The first-order valence-electron chi connectivity index (χ1n) is 8.42. The van der Waals surface area contributed by atoms with Gasteiger partial charge in [-0.05, 0) is 38.1 Å². The Morgan fingerprint density at radius 1 is 1.11 bits per heavy atom. The van der Waals surface area contributed by atoms with Crippen LogP contribution in [0.25, 0.3) is 21.9 Å². The number of nitrogens with one attached hydrogen (secondary N) is 3. The van der Waals surface area contributed by atoms with E-state index in [9.17, 15) is 9.59 Å². The molecule has 8 heteroatoms. The first-order chi connectivity index (χ1) is 13.0.